The van der Waals surface area contributed by atoms with E-state index in [4.69, 9.17) is 0 Å². The van der Waals surface area contributed by atoms with E-state index in [1.807, 2.05) is 16.8 Å². The van der Waals surface area contributed by atoms with Crippen LogP contribution < -0.4 is 10.6 Å². The molecule has 1 atom stereocenters. The summed E-state index contributed by atoms with van der Waals surface area (Å²) in [6.45, 7) is 4.92. The highest BCUT2D eigenvalue weighted by Crippen LogP contribution is 2.36. The van der Waals surface area contributed by atoms with Crippen LogP contribution in [-0.2, 0) is 12.1 Å². The molecule has 4 rings (SSSR count). The Labute approximate surface area is 173 Å². The van der Waals surface area contributed by atoms with Crippen LogP contribution in [0.1, 0.15) is 81.1 Å². The predicted octanol–water partition coefficient (Wildman–Crippen LogP) is 4.49. The molecule has 0 spiro atoms. The van der Waals surface area contributed by atoms with E-state index in [0.717, 1.165) is 30.1 Å². The number of aromatic nitrogens is 3. The Morgan fingerprint density at radius 1 is 1.21 bits per heavy atom. The van der Waals surface area contributed by atoms with Crippen molar-refractivity contribution in [2.75, 3.05) is 5.32 Å². The quantitative estimate of drug-likeness (QED) is 0.756. The number of amides is 1. The summed E-state index contributed by atoms with van der Waals surface area (Å²) in [6, 6.07) is 4.22. The minimum absolute atomic E-state index is 0.0840. The van der Waals surface area contributed by atoms with Gasteiger partial charge in [-0.1, -0.05) is 32.1 Å². The van der Waals surface area contributed by atoms with Gasteiger partial charge in [-0.2, -0.15) is 5.10 Å². The molecule has 3 heterocycles. The molecule has 0 saturated heterocycles. The van der Waals surface area contributed by atoms with Gasteiger partial charge in [0.05, 0.1) is 11.7 Å². The molecule has 6 heteroatoms. The first-order valence-electron chi connectivity index (χ1n) is 11.0. The normalized spacial score (nSPS) is 21.2. The molecule has 0 radical (unpaired) electrons. The molecule has 1 aliphatic heterocycles. The Hall–Kier alpha value is -2.37. The van der Waals surface area contributed by atoms with Crippen molar-refractivity contribution >= 4 is 11.7 Å². The van der Waals surface area contributed by atoms with E-state index in [1.54, 1.807) is 18.6 Å². The van der Waals surface area contributed by atoms with Crippen LogP contribution in [0.15, 0.2) is 30.7 Å². The predicted molar refractivity (Wildman–Crippen MR) is 115 cm³/mol. The van der Waals surface area contributed by atoms with Crippen molar-refractivity contribution in [2.45, 2.75) is 83.3 Å². The van der Waals surface area contributed by atoms with Crippen LogP contribution >= 0.6 is 0 Å². The molecule has 6 nitrogen and oxygen atoms in total. The average Bonchev–Trinajstić information content (AvgIpc) is 3.17. The molecule has 2 aromatic rings. The first-order valence-corrected chi connectivity index (χ1v) is 11.0. The van der Waals surface area contributed by atoms with E-state index in [2.05, 4.69) is 34.6 Å². The van der Waals surface area contributed by atoms with Gasteiger partial charge < -0.3 is 10.6 Å². The minimum atomic E-state index is -0.0958. The summed E-state index contributed by atoms with van der Waals surface area (Å²) in [5.74, 6) is 1.66. The van der Waals surface area contributed by atoms with E-state index in [0.29, 0.717) is 18.2 Å². The van der Waals surface area contributed by atoms with Crippen LogP contribution in [0.25, 0.3) is 0 Å². The molecule has 1 amide bonds. The standard InChI is InChI=1S/C23H33N5O/c1-23(2)14-19(9-8-17-6-4-3-5-7-17)27-21-20(16-26-28(21)23)22(29)25-15-18-10-12-24-13-11-18/h10-13,16-17,19,27H,3-9,14-15H2,1-2H3,(H,25,29). The van der Waals surface area contributed by atoms with Gasteiger partial charge in [0.25, 0.3) is 5.91 Å². The number of hydrogen-bond acceptors (Lipinski definition) is 4. The zero-order chi connectivity index (χ0) is 20.3. The first-order chi connectivity index (χ1) is 14.0. The maximum Gasteiger partial charge on any atom is 0.256 e. The number of anilines is 1. The maximum absolute atomic E-state index is 12.9. The van der Waals surface area contributed by atoms with Gasteiger partial charge >= 0.3 is 0 Å². The van der Waals surface area contributed by atoms with Crippen LogP contribution in [-0.4, -0.2) is 26.7 Å². The third kappa shape index (κ3) is 4.62. The Kier molecular flexibility index (Phi) is 5.88. The third-order valence-electron chi connectivity index (χ3n) is 6.52. The molecule has 1 saturated carbocycles. The number of hydrogen-bond donors (Lipinski definition) is 2. The summed E-state index contributed by atoms with van der Waals surface area (Å²) in [6.07, 6.45) is 15.6. The monoisotopic (exact) mass is 395 g/mol. The van der Waals surface area contributed by atoms with Gasteiger partial charge in [0.2, 0.25) is 0 Å². The van der Waals surface area contributed by atoms with Crippen molar-refractivity contribution in [3.05, 3.63) is 41.9 Å². The summed E-state index contributed by atoms with van der Waals surface area (Å²) < 4.78 is 1.99. The Morgan fingerprint density at radius 3 is 2.72 bits per heavy atom. The molecule has 0 aromatic carbocycles. The second-order valence-electron chi connectivity index (χ2n) is 9.30. The molecule has 2 N–H and O–H groups in total. The molecule has 29 heavy (non-hydrogen) atoms. The van der Waals surface area contributed by atoms with Crippen molar-refractivity contribution in [1.82, 2.24) is 20.1 Å². The van der Waals surface area contributed by atoms with Gasteiger partial charge in [-0.05, 0) is 56.7 Å². The molecule has 1 fully saturated rings. The van der Waals surface area contributed by atoms with Gasteiger partial charge in [-0.3, -0.25) is 9.78 Å². The number of carbonyl (C=O) groups excluding carboxylic acids is 1. The number of fused-ring (bicyclic) bond motifs is 1. The topological polar surface area (TPSA) is 71.8 Å². The minimum Gasteiger partial charge on any atom is -0.367 e. The Balaban J connectivity index is 1.43. The lowest BCUT2D eigenvalue weighted by molar-refractivity contribution is 0.0951. The van der Waals surface area contributed by atoms with Crippen LogP contribution in [0.3, 0.4) is 0 Å². The summed E-state index contributed by atoms with van der Waals surface area (Å²) >= 11 is 0. The highest BCUT2D eigenvalue weighted by atomic mass is 16.1. The van der Waals surface area contributed by atoms with Crippen LogP contribution in [0.5, 0.6) is 0 Å². The van der Waals surface area contributed by atoms with E-state index in [9.17, 15) is 4.79 Å². The average molecular weight is 396 g/mol. The van der Waals surface area contributed by atoms with Gasteiger partial charge in [0.1, 0.15) is 11.4 Å². The zero-order valence-electron chi connectivity index (χ0n) is 17.7. The molecular weight excluding hydrogens is 362 g/mol. The lowest BCUT2D eigenvalue weighted by atomic mass is 9.83. The van der Waals surface area contributed by atoms with Crippen LogP contribution in [0.2, 0.25) is 0 Å². The number of nitrogens with one attached hydrogen (secondary N) is 2. The number of rotatable bonds is 6. The van der Waals surface area contributed by atoms with Gasteiger partial charge in [-0.25, -0.2) is 4.68 Å². The van der Waals surface area contributed by atoms with Crippen molar-refractivity contribution < 1.29 is 4.79 Å². The van der Waals surface area contributed by atoms with Crippen LogP contribution in [0, 0.1) is 5.92 Å². The maximum atomic E-state index is 12.9. The van der Waals surface area contributed by atoms with Gasteiger partial charge in [-0.15, -0.1) is 0 Å². The second-order valence-corrected chi connectivity index (χ2v) is 9.30. The molecule has 1 unspecified atom stereocenters. The van der Waals surface area contributed by atoms with E-state index in [1.165, 1.54) is 38.5 Å². The summed E-state index contributed by atoms with van der Waals surface area (Å²) in [5.41, 5.74) is 1.57. The lowest BCUT2D eigenvalue weighted by Crippen LogP contribution is -2.42. The fraction of sp³-hybridized carbons (Fsp3) is 0.609. The first kappa shape index (κ1) is 19.9. The van der Waals surface area contributed by atoms with Gasteiger partial charge in [0, 0.05) is 25.0 Å². The summed E-state index contributed by atoms with van der Waals surface area (Å²) in [5, 5.41) is 11.2. The van der Waals surface area contributed by atoms with E-state index in [-0.39, 0.29) is 11.4 Å². The Morgan fingerprint density at radius 2 is 1.97 bits per heavy atom. The van der Waals surface area contributed by atoms with Crippen molar-refractivity contribution in [3.8, 4) is 0 Å². The van der Waals surface area contributed by atoms with E-state index >= 15 is 0 Å². The van der Waals surface area contributed by atoms with Crippen molar-refractivity contribution in [1.29, 1.82) is 0 Å². The molecular formula is C23H33N5O. The lowest BCUT2D eigenvalue weighted by Gasteiger charge is -2.38. The SMILES string of the molecule is CC1(C)CC(CCC2CCCCC2)Nc2c(C(=O)NCc3ccncc3)cnn21. The zero-order valence-corrected chi connectivity index (χ0v) is 17.7. The van der Waals surface area contributed by atoms with Crippen molar-refractivity contribution in [3.63, 3.8) is 0 Å². The fourth-order valence-electron chi connectivity index (χ4n) is 4.91. The number of nitrogens with zero attached hydrogens (tertiary/aromatic N) is 3. The smallest absolute Gasteiger partial charge is 0.256 e. The highest BCUT2D eigenvalue weighted by molar-refractivity contribution is 5.98. The molecule has 1 aliphatic carbocycles. The fourth-order valence-corrected chi connectivity index (χ4v) is 4.91. The molecule has 2 aliphatic rings. The van der Waals surface area contributed by atoms with Crippen molar-refractivity contribution in [2.24, 2.45) is 5.92 Å². The highest BCUT2D eigenvalue weighted by Gasteiger charge is 2.36. The van der Waals surface area contributed by atoms with Crippen LogP contribution in [0.4, 0.5) is 5.82 Å². The largest absolute Gasteiger partial charge is 0.367 e. The van der Waals surface area contributed by atoms with Gasteiger partial charge in [0.15, 0.2) is 0 Å². The third-order valence-corrected chi connectivity index (χ3v) is 6.52. The number of pyridine rings is 1. The molecule has 156 valence electrons. The molecule has 2 aromatic heterocycles. The second kappa shape index (κ2) is 8.56. The summed E-state index contributed by atoms with van der Waals surface area (Å²) in [4.78, 5) is 16.9. The summed E-state index contributed by atoms with van der Waals surface area (Å²) in [7, 11) is 0. The molecule has 0 bridgehead atoms. The Bertz CT molecular complexity index is 823. The van der Waals surface area contributed by atoms with E-state index < -0.39 is 0 Å². The number of carbonyl (C=O) groups is 1.